The van der Waals surface area contributed by atoms with E-state index >= 15 is 0 Å². The number of pyridine rings is 4. The summed E-state index contributed by atoms with van der Waals surface area (Å²) >= 11 is 18.1. The number of nitrogens with zero attached hydrogens (tertiary/aromatic N) is 6. The summed E-state index contributed by atoms with van der Waals surface area (Å²) in [6, 6.07) is 21.2. The Balaban J connectivity index is 0.000000296. The van der Waals surface area contributed by atoms with Crippen molar-refractivity contribution in [3.63, 3.8) is 0 Å². The van der Waals surface area contributed by atoms with Gasteiger partial charge in [-0.1, -0.05) is 78.6 Å². The van der Waals surface area contributed by atoms with Gasteiger partial charge in [-0.05, 0) is 114 Å². The first-order valence-electron chi connectivity index (χ1n) is 22.1. The Hall–Kier alpha value is -4.95. The lowest BCUT2D eigenvalue weighted by molar-refractivity contribution is 0.0974. The van der Waals surface area contributed by atoms with Crippen LogP contribution in [0.25, 0.3) is 21.5 Å². The molecule has 0 unspecified atom stereocenters. The van der Waals surface area contributed by atoms with Crippen LogP contribution in [-0.2, 0) is 12.8 Å². The third kappa shape index (κ3) is 16.4. The third-order valence-corrected chi connectivity index (χ3v) is 12.0. The number of hydrogen-bond acceptors (Lipinski definition) is 12. The van der Waals surface area contributed by atoms with E-state index in [1.54, 1.807) is 30.7 Å². The molecule has 4 aromatic heterocycles. The van der Waals surface area contributed by atoms with E-state index in [0.29, 0.717) is 83.5 Å². The zero-order chi connectivity index (χ0) is 47.8. The minimum Gasteiger partial charge on any atom is -0.383 e. The van der Waals surface area contributed by atoms with Crippen molar-refractivity contribution in [3.05, 3.63) is 123 Å². The average molecular weight is 961 g/mol. The van der Waals surface area contributed by atoms with Crippen molar-refractivity contribution in [1.82, 2.24) is 29.7 Å². The van der Waals surface area contributed by atoms with Crippen LogP contribution in [0, 0.1) is 0 Å². The molecular formula is C51H69Cl3N10O2. The lowest BCUT2D eigenvalue weighted by Crippen LogP contribution is -2.40. The topological polar surface area (TPSA) is 182 Å². The van der Waals surface area contributed by atoms with Gasteiger partial charge in [0.25, 0.3) is 0 Å². The van der Waals surface area contributed by atoms with Crippen LogP contribution in [0.5, 0.6) is 0 Å². The maximum Gasteiger partial charge on any atom is 0.164 e. The maximum atomic E-state index is 12.7. The van der Waals surface area contributed by atoms with Gasteiger partial charge in [-0.15, -0.1) is 0 Å². The van der Waals surface area contributed by atoms with Crippen LogP contribution in [0.2, 0.25) is 15.2 Å². The minimum atomic E-state index is -0.0228. The number of rotatable bonds is 18. The summed E-state index contributed by atoms with van der Waals surface area (Å²) in [5.41, 5.74) is 20.3. The molecule has 6 aromatic rings. The molecule has 0 saturated heterocycles. The molecule has 0 aliphatic carbocycles. The monoisotopic (exact) mass is 958 g/mol. The smallest absolute Gasteiger partial charge is 0.164 e. The summed E-state index contributed by atoms with van der Waals surface area (Å²) in [4.78, 5) is 46.2. The van der Waals surface area contributed by atoms with Crippen molar-refractivity contribution in [2.75, 3.05) is 43.0 Å². The predicted octanol–water partition coefficient (Wildman–Crippen LogP) is 11.2. The van der Waals surface area contributed by atoms with Gasteiger partial charge in [-0.2, -0.15) is 0 Å². The van der Waals surface area contributed by atoms with Crippen LogP contribution >= 0.6 is 34.8 Å². The SMILES string of the molecule is C.CC(C)N(CCN)C(C)C.CC(C)N(CCNc1ncc(C(=O)CCc2ccc3c(N)nccc3c2)cc1Cl)C(C)C.Nc1nccc2cc(CCC(=O)c3cnc(Cl)c(Cl)c3)ccc12. The maximum absolute atomic E-state index is 12.7. The van der Waals surface area contributed by atoms with Crippen molar-refractivity contribution >= 4 is 85.4 Å². The van der Waals surface area contributed by atoms with Gasteiger partial charge in [-0.3, -0.25) is 19.4 Å². The number of aryl methyl sites for hydroxylation is 2. The molecule has 356 valence electrons. The predicted molar refractivity (Wildman–Crippen MR) is 279 cm³/mol. The largest absolute Gasteiger partial charge is 0.383 e. The lowest BCUT2D eigenvalue weighted by Gasteiger charge is -2.30. The number of carbonyl (C=O) groups excluding carboxylic acids is 2. The van der Waals surface area contributed by atoms with E-state index in [2.05, 4.69) is 96.5 Å². The number of nitrogens with one attached hydrogen (secondary N) is 1. The molecule has 2 aromatic carbocycles. The average Bonchev–Trinajstić information content (AvgIpc) is 3.26. The van der Waals surface area contributed by atoms with Crippen molar-refractivity contribution in [2.45, 2.75) is 113 Å². The number of anilines is 3. The fourth-order valence-corrected chi connectivity index (χ4v) is 8.09. The van der Waals surface area contributed by atoms with Crippen LogP contribution in [0.4, 0.5) is 17.5 Å². The van der Waals surface area contributed by atoms with E-state index in [-0.39, 0.29) is 29.2 Å². The molecule has 0 atom stereocenters. The summed E-state index contributed by atoms with van der Waals surface area (Å²) in [5.74, 6) is 1.63. The lowest BCUT2D eigenvalue weighted by atomic mass is 10.0. The van der Waals surface area contributed by atoms with E-state index < -0.39 is 0 Å². The molecule has 66 heavy (non-hydrogen) atoms. The number of Topliss-reactive ketones (excluding diaryl/α,β-unsaturated/α-hetero) is 2. The Kier molecular flexibility index (Phi) is 22.7. The molecule has 7 N–H and O–H groups in total. The zero-order valence-corrected chi connectivity index (χ0v) is 41.2. The normalized spacial score (nSPS) is 11.2. The van der Waals surface area contributed by atoms with E-state index in [1.165, 1.54) is 6.20 Å². The molecule has 0 amide bonds. The second kappa shape index (κ2) is 27.0. The molecule has 0 bridgehead atoms. The highest BCUT2D eigenvalue weighted by atomic mass is 35.5. The molecule has 6 rings (SSSR count). The van der Waals surface area contributed by atoms with E-state index in [1.807, 2.05) is 42.5 Å². The van der Waals surface area contributed by atoms with Crippen LogP contribution in [0.3, 0.4) is 0 Å². The summed E-state index contributed by atoms with van der Waals surface area (Å²) in [5, 5.41) is 8.10. The molecular weight excluding hydrogens is 891 g/mol. The first-order chi connectivity index (χ1) is 30.9. The number of ketones is 2. The second-order valence-corrected chi connectivity index (χ2v) is 18.1. The van der Waals surface area contributed by atoms with Gasteiger partial charge in [0.15, 0.2) is 11.6 Å². The fraction of sp³-hybridized carbons (Fsp3) is 0.412. The van der Waals surface area contributed by atoms with Gasteiger partial charge in [0.2, 0.25) is 0 Å². The highest BCUT2D eigenvalue weighted by Gasteiger charge is 2.15. The quantitative estimate of drug-likeness (QED) is 0.0473. The molecule has 12 nitrogen and oxygen atoms in total. The number of carbonyl (C=O) groups is 2. The number of hydrogen-bond donors (Lipinski definition) is 4. The Bertz CT molecular complexity index is 2480. The zero-order valence-electron chi connectivity index (χ0n) is 38.9. The van der Waals surface area contributed by atoms with Gasteiger partial charge in [0.05, 0.1) is 10.0 Å². The first-order valence-corrected chi connectivity index (χ1v) is 23.3. The number of benzene rings is 2. The van der Waals surface area contributed by atoms with E-state index in [9.17, 15) is 9.59 Å². The van der Waals surface area contributed by atoms with Crippen molar-refractivity contribution in [2.24, 2.45) is 5.73 Å². The fourth-order valence-electron chi connectivity index (χ4n) is 7.59. The molecule has 0 aliphatic rings. The second-order valence-electron chi connectivity index (χ2n) is 17.0. The number of halogens is 3. The summed E-state index contributed by atoms with van der Waals surface area (Å²) < 4.78 is 0. The van der Waals surface area contributed by atoms with E-state index in [4.69, 9.17) is 52.0 Å². The molecule has 0 saturated carbocycles. The van der Waals surface area contributed by atoms with Crippen LogP contribution < -0.4 is 22.5 Å². The minimum absolute atomic E-state index is 0. The van der Waals surface area contributed by atoms with Crippen LogP contribution in [0.15, 0.2) is 85.5 Å². The molecule has 0 spiro atoms. The van der Waals surface area contributed by atoms with Gasteiger partial charge < -0.3 is 22.5 Å². The molecule has 0 fully saturated rings. The van der Waals surface area contributed by atoms with Gasteiger partial charge in [0.1, 0.15) is 22.6 Å². The highest BCUT2D eigenvalue weighted by Crippen LogP contribution is 2.25. The van der Waals surface area contributed by atoms with Gasteiger partial charge >= 0.3 is 0 Å². The number of nitrogen functional groups attached to an aromatic ring is 2. The summed E-state index contributed by atoms with van der Waals surface area (Å²) in [6.07, 6.45) is 8.43. The first kappa shape index (κ1) is 55.4. The molecule has 4 heterocycles. The molecule has 15 heteroatoms. The number of fused-ring (bicyclic) bond motifs is 2. The molecule has 0 radical (unpaired) electrons. The van der Waals surface area contributed by atoms with Crippen molar-refractivity contribution in [3.8, 4) is 0 Å². The van der Waals surface area contributed by atoms with E-state index in [0.717, 1.165) is 58.9 Å². The van der Waals surface area contributed by atoms with Crippen molar-refractivity contribution in [1.29, 1.82) is 0 Å². The summed E-state index contributed by atoms with van der Waals surface area (Å²) in [7, 11) is 0. The van der Waals surface area contributed by atoms with Crippen LogP contribution in [0.1, 0.15) is 108 Å². The van der Waals surface area contributed by atoms with Crippen molar-refractivity contribution < 1.29 is 9.59 Å². The highest BCUT2D eigenvalue weighted by molar-refractivity contribution is 6.41. The Labute approximate surface area is 407 Å². The Morgan fingerprint density at radius 1 is 0.606 bits per heavy atom. The standard InChI is InChI=1S/C25H32ClN5O.C17H13Cl2N3O.C8H20N2.CH4/c1-16(2)31(17(3)4)12-11-29-25-22(26)14-20(15-30-25)23(32)8-6-18-5-7-21-19(13-18)9-10-28-24(21)27;18-14-8-12(9-22-16(14)19)15(23)4-2-10-1-3-13-11(7-10)5-6-21-17(13)20;1-7(2)10(6-5-9)8(3)4;/h5,7,9-10,13-17H,6,8,11-12H2,1-4H3,(H2,27,28)(H,29,30);1,3,5-9H,2,4H2,(H2,20,21);7-8H,5-6,9H2,1-4H3;1H4. The Morgan fingerprint density at radius 3 is 1.45 bits per heavy atom. The third-order valence-electron chi connectivity index (χ3n) is 11.0. The van der Waals surface area contributed by atoms with Gasteiger partial charge in [-0.25, -0.2) is 19.9 Å². The van der Waals surface area contributed by atoms with Gasteiger partial charge in [0, 0.05) is 110 Å². The Morgan fingerprint density at radius 2 is 1.05 bits per heavy atom. The summed E-state index contributed by atoms with van der Waals surface area (Å²) in [6.45, 7) is 21.0. The number of aromatic nitrogens is 4. The van der Waals surface area contributed by atoms with Crippen LogP contribution in [-0.4, -0.2) is 91.6 Å². The number of nitrogens with two attached hydrogens (primary N) is 3. The molecule has 0 aliphatic heterocycles.